The molecule has 1 amide bonds. The van der Waals surface area contributed by atoms with Gasteiger partial charge in [0.15, 0.2) is 5.78 Å². The molecule has 1 aliphatic heterocycles. The molecule has 0 aromatic heterocycles. The van der Waals surface area contributed by atoms with Gasteiger partial charge in [-0.25, -0.2) is 0 Å². The van der Waals surface area contributed by atoms with E-state index in [0.717, 1.165) is 32.5 Å². The normalized spacial score (nSPS) is 39.7. The standard InChI is InChI=1S/C18H29BrN2O2/c1-16(2)17(3)7-8-18(16,13(19)14(17)22)15(23)20-9-12-21-10-5-4-6-11-21/h13H,4-12H2,1-3H3,(H,20,23)/t13-,17-,18+/m1/s1. The summed E-state index contributed by atoms with van der Waals surface area (Å²) in [7, 11) is 0. The maximum atomic E-state index is 13.1. The Bertz CT molecular complexity index is 515. The third-order valence-corrected chi connectivity index (χ3v) is 8.49. The molecular formula is C18H29BrN2O2. The van der Waals surface area contributed by atoms with Crippen molar-refractivity contribution in [3.8, 4) is 0 Å². The summed E-state index contributed by atoms with van der Waals surface area (Å²) in [6, 6.07) is 0. The van der Waals surface area contributed by atoms with E-state index < -0.39 is 5.41 Å². The van der Waals surface area contributed by atoms with Gasteiger partial charge < -0.3 is 10.2 Å². The van der Waals surface area contributed by atoms with Gasteiger partial charge in [-0.3, -0.25) is 9.59 Å². The van der Waals surface area contributed by atoms with Gasteiger partial charge in [-0.1, -0.05) is 43.1 Å². The van der Waals surface area contributed by atoms with E-state index in [2.05, 4.69) is 40.0 Å². The van der Waals surface area contributed by atoms with Crippen LogP contribution in [-0.2, 0) is 9.59 Å². The number of piperidine rings is 1. The second-order valence-corrected chi connectivity index (χ2v) is 9.23. The number of hydrogen-bond donors (Lipinski definition) is 1. The number of carbonyl (C=O) groups is 2. The highest BCUT2D eigenvalue weighted by atomic mass is 79.9. The van der Waals surface area contributed by atoms with Gasteiger partial charge in [0.1, 0.15) is 0 Å². The molecule has 1 saturated heterocycles. The van der Waals surface area contributed by atoms with E-state index in [0.29, 0.717) is 6.54 Å². The predicted molar refractivity (Wildman–Crippen MR) is 94.6 cm³/mol. The van der Waals surface area contributed by atoms with Crippen LogP contribution in [0.1, 0.15) is 52.9 Å². The Hall–Kier alpha value is -0.420. The number of alkyl halides is 1. The van der Waals surface area contributed by atoms with Crippen molar-refractivity contribution in [2.75, 3.05) is 26.2 Å². The lowest BCUT2D eigenvalue weighted by Crippen LogP contribution is -2.52. The summed E-state index contributed by atoms with van der Waals surface area (Å²) in [5.41, 5.74) is -1.29. The Morgan fingerprint density at radius 1 is 1.22 bits per heavy atom. The molecule has 0 aromatic rings. The minimum atomic E-state index is -0.596. The van der Waals surface area contributed by atoms with Gasteiger partial charge in [0.2, 0.25) is 5.91 Å². The Morgan fingerprint density at radius 3 is 2.43 bits per heavy atom. The van der Waals surface area contributed by atoms with Crippen LogP contribution in [0.15, 0.2) is 0 Å². The molecule has 3 atom stereocenters. The van der Waals surface area contributed by atoms with Crippen molar-refractivity contribution < 1.29 is 9.59 Å². The first kappa shape index (κ1) is 17.4. The van der Waals surface area contributed by atoms with Crippen LogP contribution in [0.3, 0.4) is 0 Å². The van der Waals surface area contributed by atoms with Crippen LogP contribution in [0.2, 0.25) is 0 Å². The molecule has 23 heavy (non-hydrogen) atoms. The fourth-order valence-corrected chi connectivity index (χ4v) is 6.64. The minimum absolute atomic E-state index is 0.0657. The average Bonchev–Trinajstić information content (AvgIpc) is 2.80. The van der Waals surface area contributed by atoms with Crippen molar-refractivity contribution in [1.29, 1.82) is 0 Å². The van der Waals surface area contributed by atoms with E-state index in [4.69, 9.17) is 0 Å². The van der Waals surface area contributed by atoms with E-state index in [9.17, 15) is 9.59 Å². The molecule has 3 rings (SSSR count). The maximum Gasteiger partial charge on any atom is 0.228 e. The molecule has 0 spiro atoms. The van der Waals surface area contributed by atoms with Crippen molar-refractivity contribution in [3.05, 3.63) is 0 Å². The van der Waals surface area contributed by atoms with E-state index in [1.54, 1.807) is 0 Å². The van der Waals surface area contributed by atoms with Crippen molar-refractivity contribution in [3.63, 3.8) is 0 Å². The summed E-state index contributed by atoms with van der Waals surface area (Å²) in [6.07, 6.45) is 5.47. The average molecular weight is 385 g/mol. The Balaban J connectivity index is 1.67. The van der Waals surface area contributed by atoms with Gasteiger partial charge >= 0.3 is 0 Å². The lowest BCUT2D eigenvalue weighted by molar-refractivity contribution is -0.136. The lowest BCUT2D eigenvalue weighted by Gasteiger charge is -2.39. The second kappa shape index (κ2) is 5.83. The Kier molecular flexibility index (Phi) is 4.41. The molecule has 0 aromatic carbocycles. The predicted octanol–water partition coefficient (Wildman–Crippen LogP) is 2.75. The van der Waals surface area contributed by atoms with Gasteiger partial charge in [-0.05, 0) is 44.2 Å². The zero-order chi connectivity index (χ0) is 16.9. The first-order valence-electron chi connectivity index (χ1n) is 8.96. The highest BCUT2D eigenvalue weighted by Gasteiger charge is 2.76. The van der Waals surface area contributed by atoms with E-state index in [-0.39, 0.29) is 27.3 Å². The third kappa shape index (κ3) is 2.25. The summed E-state index contributed by atoms with van der Waals surface area (Å²) in [4.78, 5) is 27.8. The molecule has 3 aliphatic rings. The summed E-state index contributed by atoms with van der Waals surface area (Å²) >= 11 is 3.58. The number of likely N-dealkylation sites (tertiary alicyclic amines) is 1. The number of amides is 1. The monoisotopic (exact) mass is 384 g/mol. The zero-order valence-electron chi connectivity index (χ0n) is 14.6. The molecule has 0 unspecified atom stereocenters. The number of nitrogens with one attached hydrogen (secondary N) is 1. The molecule has 1 N–H and O–H groups in total. The summed E-state index contributed by atoms with van der Waals surface area (Å²) in [6.45, 7) is 10.1. The van der Waals surface area contributed by atoms with Crippen LogP contribution in [0.4, 0.5) is 0 Å². The van der Waals surface area contributed by atoms with Crippen molar-refractivity contribution in [2.24, 2.45) is 16.2 Å². The van der Waals surface area contributed by atoms with Crippen LogP contribution < -0.4 is 5.32 Å². The molecule has 3 fully saturated rings. The molecule has 2 saturated carbocycles. The Morgan fingerprint density at radius 2 is 1.87 bits per heavy atom. The zero-order valence-corrected chi connectivity index (χ0v) is 16.2. The van der Waals surface area contributed by atoms with E-state index in [1.807, 2.05) is 6.92 Å². The quantitative estimate of drug-likeness (QED) is 0.758. The first-order chi connectivity index (χ1) is 10.8. The van der Waals surface area contributed by atoms with Crippen LogP contribution >= 0.6 is 15.9 Å². The molecule has 5 heteroatoms. The summed E-state index contributed by atoms with van der Waals surface area (Å²) in [5.74, 6) is 0.274. The van der Waals surface area contributed by atoms with Crippen LogP contribution in [-0.4, -0.2) is 47.6 Å². The number of fused-ring (bicyclic) bond motifs is 2. The second-order valence-electron chi connectivity index (χ2n) is 8.31. The van der Waals surface area contributed by atoms with Crippen LogP contribution in [0.25, 0.3) is 0 Å². The highest BCUT2D eigenvalue weighted by molar-refractivity contribution is 9.10. The summed E-state index contributed by atoms with van der Waals surface area (Å²) in [5, 5.41) is 3.15. The number of rotatable bonds is 4. The molecule has 2 bridgehead atoms. The SMILES string of the molecule is CC1(C)[C@]2(C)CC[C@@]1(C(=O)NCCN1CCCCC1)[C@H](Br)C2=O. The Labute approximate surface area is 147 Å². The molecular weight excluding hydrogens is 356 g/mol. The van der Waals surface area contributed by atoms with E-state index in [1.165, 1.54) is 19.3 Å². The highest BCUT2D eigenvalue weighted by Crippen LogP contribution is 2.72. The van der Waals surface area contributed by atoms with Crippen molar-refractivity contribution >= 4 is 27.6 Å². The number of Topliss-reactive ketones (excluding diaryl/α,β-unsaturated/α-hetero) is 1. The topological polar surface area (TPSA) is 49.4 Å². The molecule has 4 nitrogen and oxygen atoms in total. The van der Waals surface area contributed by atoms with E-state index >= 15 is 0 Å². The fourth-order valence-electron chi connectivity index (χ4n) is 5.12. The number of ketones is 1. The van der Waals surface area contributed by atoms with Gasteiger partial charge in [-0.15, -0.1) is 0 Å². The largest absolute Gasteiger partial charge is 0.354 e. The van der Waals surface area contributed by atoms with Gasteiger partial charge in [-0.2, -0.15) is 0 Å². The molecule has 130 valence electrons. The van der Waals surface area contributed by atoms with Crippen molar-refractivity contribution in [1.82, 2.24) is 10.2 Å². The smallest absolute Gasteiger partial charge is 0.228 e. The third-order valence-electron chi connectivity index (χ3n) is 7.29. The number of carbonyl (C=O) groups excluding carboxylic acids is 2. The van der Waals surface area contributed by atoms with Gasteiger partial charge in [0, 0.05) is 18.5 Å². The first-order valence-corrected chi connectivity index (χ1v) is 9.88. The van der Waals surface area contributed by atoms with Crippen molar-refractivity contribution in [2.45, 2.75) is 57.7 Å². The van der Waals surface area contributed by atoms with Gasteiger partial charge in [0.25, 0.3) is 0 Å². The van der Waals surface area contributed by atoms with Gasteiger partial charge in [0.05, 0.1) is 10.2 Å². The summed E-state index contributed by atoms with van der Waals surface area (Å²) < 4.78 is 0. The number of halogens is 1. The lowest BCUT2D eigenvalue weighted by atomic mass is 9.64. The fraction of sp³-hybridized carbons (Fsp3) is 0.889. The van der Waals surface area contributed by atoms with Crippen LogP contribution in [0, 0.1) is 16.2 Å². The minimum Gasteiger partial charge on any atom is -0.354 e. The molecule has 1 heterocycles. The molecule has 2 aliphatic carbocycles. The number of hydrogen-bond acceptors (Lipinski definition) is 3. The molecule has 0 radical (unpaired) electrons. The number of nitrogens with zero attached hydrogens (tertiary/aromatic N) is 1. The maximum absolute atomic E-state index is 13.1. The van der Waals surface area contributed by atoms with Crippen LogP contribution in [0.5, 0.6) is 0 Å².